The average molecular weight is 283 g/mol. The Balaban J connectivity index is 2.07. The summed E-state index contributed by atoms with van der Waals surface area (Å²) in [6, 6.07) is 15.7. The zero-order chi connectivity index (χ0) is 14.1. The van der Waals surface area contributed by atoms with Gasteiger partial charge in [0.15, 0.2) is 0 Å². The van der Waals surface area contributed by atoms with Crippen LogP contribution in [0, 0.1) is 6.92 Å². The minimum absolute atomic E-state index is 0.194. The van der Waals surface area contributed by atoms with E-state index in [1.165, 1.54) is 0 Å². The first-order valence-electron chi connectivity index (χ1n) is 6.51. The monoisotopic (exact) mass is 282 g/mol. The molecule has 3 heteroatoms. The maximum Gasteiger partial charge on any atom is 0.0705 e. The van der Waals surface area contributed by atoms with Crippen molar-refractivity contribution in [2.45, 2.75) is 13.0 Å². The number of nitrogens with zero attached hydrogens (tertiary/aromatic N) is 1. The van der Waals surface area contributed by atoms with Gasteiger partial charge in [-0.15, -0.1) is 0 Å². The number of hydrogen-bond acceptors (Lipinski definition) is 2. The van der Waals surface area contributed by atoms with Crippen LogP contribution in [0.4, 0.5) is 0 Å². The number of benzene rings is 2. The second-order valence-corrected chi connectivity index (χ2v) is 5.37. The molecule has 0 spiro atoms. The zero-order valence-corrected chi connectivity index (χ0v) is 11.9. The molecule has 2 nitrogen and oxygen atoms in total. The van der Waals surface area contributed by atoms with E-state index in [0.29, 0.717) is 5.02 Å². The number of rotatable bonds is 2. The maximum atomic E-state index is 6.39. The predicted molar refractivity (Wildman–Crippen MR) is 84.0 cm³/mol. The van der Waals surface area contributed by atoms with E-state index in [0.717, 1.165) is 27.6 Å². The van der Waals surface area contributed by atoms with Crippen molar-refractivity contribution >= 4 is 22.5 Å². The fourth-order valence-corrected chi connectivity index (χ4v) is 2.58. The molecule has 2 aromatic carbocycles. The maximum absolute atomic E-state index is 6.39. The van der Waals surface area contributed by atoms with E-state index in [1.54, 1.807) is 6.20 Å². The second-order valence-electron chi connectivity index (χ2n) is 4.93. The van der Waals surface area contributed by atoms with Crippen LogP contribution in [0.3, 0.4) is 0 Å². The molecule has 1 aromatic heterocycles. The minimum Gasteiger partial charge on any atom is -0.320 e. The van der Waals surface area contributed by atoms with Gasteiger partial charge in [0.05, 0.1) is 11.6 Å². The Kier molecular flexibility index (Phi) is 3.43. The van der Waals surface area contributed by atoms with Crippen molar-refractivity contribution in [3.63, 3.8) is 0 Å². The van der Waals surface area contributed by atoms with Crippen molar-refractivity contribution in [1.29, 1.82) is 0 Å². The summed E-state index contributed by atoms with van der Waals surface area (Å²) in [5.74, 6) is 0. The lowest BCUT2D eigenvalue weighted by molar-refractivity contribution is 0.863. The molecule has 1 atom stereocenters. The Labute approximate surface area is 123 Å². The van der Waals surface area contributed by atoms with Gasteiger partial charge in [-0.1, -0.05) is 35.9 Å². The van der Waals surface area contributed by atoms with Crippen molar-refractivity contribution in [1.82, 2.24) is 4.98 Å². The summed E-state index contributed by atoms with van der Waals surface area (Å²) < 4.78 is 0. The van der Waals surface area contributed by atoms with Crippen molar-refractivity contribution in [3.05, 3.63) is 76.4 Å². The fraction of sp³-hybridized carbons (Fsp3) is 0.118. The topological polar surface area (TPSA) is 38.9 Å². The quantitative estimate of drug-likeness (QED) is 0.763. The Bertz CT molecular complexity index is 768. The summed E-state index contributed by atoms with van der Waals surface area (Å²) in [5.41, 5.74) is 10.6. The highest BCUT2D eigenvalue weighted by Gasteiger charge is 2.12. The summed E-state index contributed by atoms with van der Waals surface area (Å²) >= 11 is 6.08. The van der Waals surface area contributed by atoms with Gasteiger partial charge in [0.1, 0.15) is 0 Å². The van der Waals surface area contributed by atoms with Gasteiger partial charge in [0.25, 0.3) is 0 Å². The molecular formula is C17H15ClN2. The lowest BCUT2D eigenvalue weighted by Gasteiger charge is -2.16. The average Bonchev–Trinajstić information content (AvgIpc) is 2.48. The number of aryl methyl sites for hydroxylation is 1. The van der Waals surface area contributed by atoms with Gasteiger partial charge in [0, 0.05) is 16.6 Å². The molecule has 0 aliphatic heterocycles. The summed E-state index contributed by atoms with van der Waals surface area (Å²) in [6.07, 6.45) is 1.79. The molecule has 0 bridgehead atoms. The van der Waals surface area contributed by atoms with Crippen LogP contribution in [0.1, 0.15) is 22.7 Å². The van der Waals surface area contributed by atoms with Crippen LogP contribution in [0.5, 0.6) is 0 Å². The lowest BCUT2D eigenvalue weighted by Crippen LogP contribution is -2.13. The van der Waals surface area contributed by atoms with E-state index in [-0.39, 0.29) is 6.04 Å². The molecule has 0 aliphatic rings. The fourth-order valence-electron chi connectivity index (χ4n) is 2.40. The highest BCUT2D eigenvalue weighted by atomic mass is 35.5. The molecule has 20 heavy (non-hydrogen) atoms. The number of nitrogens with two attached hydrogens (primary N) is 1. The van der Waals surface area contributed by atoms with Crippen LogP contribution in [0.25, 0.3) is 10.9 Å². The third-order valence-electron chi connectivity index (χ3n) is 3.57. The van der Waals surface area contributed by atoms with Gasteiger partial charge in [-0.3, -0.25) is 4.98 Å². The number of hydrogen-bond donors (Lipinski definition) is 1. The predicted octanol–water partition coefficient (Wildman–Crippen LogP) is 4.24. The molecule has 3 aromatic rings. The van der Waals surface area contributed by atoms with E-state index < -0.39 is 0 Å². The zero-order valence-electron chi connectivity index (χ0n) is 11.2. The number of aromatic nitrogens is 1. The van der Waals surface area contributed by atoms with Crippen molar-refractivity contribution in [2.75, 3.05) is 0 Å². The van der Waals surface area contributed by atoms with E-state index in [1.807, 2.05) is 43.3 Å². The summed E-state index contributed by atoms with van der Waals surface area (Å²) in [5, 5.41) is 1.83. The lowest BCUT2D eigenvalue weighted by atomic mass is 9.95. The third-order valence-corrected chi connectivity index (χ3v) is 3.80. The standard InChI is InChI=1S/C17H15ClN2/c1-11-4-7-14(18)10-15(11)17(19)13-6-5-12-3-2-8-20-16(12)9-13/h2-10,17H,19H2,1H3. The molecule has 1 unspecified atom stereocenters. The largest absolute Gasteiger partial charge is 0.320 e. The molecule has 1 heterocycles. The first-order valence-corrected chi connectivity index (χ1v) is 6.89. The smallest absolute Gasteiger partial charge is 0.0705 e. The van der Waals surface area contributed by atoms with Crippen molar-refractivity contribution in [3.8, 4) is 0 Å². The Hall–Kier alpha value is -1.90. The number of pyridine rings is 1. The number of fused-ring (bicyclic) bond motifs is 1. The minimum atomic E-state index is -0.194. The Morgan fingerprint density at radius 1 is 1.10 bits per heavy atom. The molecule has 0 saturated carbocycles. The molecule has 100 valence electrons. The van der Waals surface area contributed by atoms with Crippen LogP contribution in [-0.2, 0) is 0 Å². The van der Waals surface area contributed by atoms with Crippen LogP contribution in [0.2, 0.25) is 5.02 Å². The molecular weight excluding hydrogens is 268 g/mol. The van der Waals surface area contributed by atoms with Gasteiger partial charge >= 0.3 is 0 Å². The van der Waals surface area contributed by atoms with Gasteiger partial charge in [0.2, 0.25) is 0 Å². The Morgan fingerprint density at radius 3 is 2.80 bits per heavy atom. The highest BCUT2D eigenvalue weighted by molar-refractivity contribution is 6.30. The van der Waals surface area contributed by atoms with Crippen molar-refractivity contribution in [2.24, 2.45) is 5.73 Å². The van der Waals surface area contributed by atoms with Gasteiger partial charge < -0.3 is 5.73 Å². The molecule has 0 radical (unpaired) electrons. The van der Waals surface area contributed by atoms with Crippen LogP contribution >= 0.6 is 11.6 Å². The van der Waals surface area contributed by atoms with Crippen LogP contribution in [-0.4, -0.2) is 4.98 Å². The Morgan fingerprint density at radius 2 is 1.95 bits per heavy atom. The molecule has 2 N–H and O–H groups in total. The van der Waals surface area contributed by atoms with E-state index in [2.05, 4.69) is 17.1 Å². The molecule has 0 aliphatic carbocycles. The molecule has 0 fully saturated rings. The highest BCUT2D eigenvalue weighted by Crippen LogP contribution is 2.27. The number of halogens is 1. The normalized spacial score (nSPS) is 12.6. The first-order chi connectivity index (χ1) is 9.65. The summed E-state index contributed by atoms with van der Waals surface area (Å²) in [7, 11) is 0. The van der Waals surface area contributed by atoms with Crippen LogP contribution in [0.15, 0.2) is 54.7 Å². The van der Waals surface area contributed by atoms with E-state index in [4.69, 9.17) is 17.3 Å². The van der Waals surface area contributed by atoms with Crippen LogP contribution < -0.4 is 5.73 Å². The van der Waals surface area contributed by atoms with E-state index in [9.17, 15) is 0 Å². The van der Waals surface area contributed by atoms with E-state index >= 15 is 0 Å². The molecule has 3 rings (SSSR count). The SMILES string of the molecule is Cc1ccc(Cl)cc1C(N)c1ccc2cccnc2c1. The van der Waals surface area contributed by atoms with Gasteiger partial charge in [-0.2, -0.15) is 0 Å². The van der Waals surface area contributed by atoms with Gasteiger partial charge in [-0.25, -0.2) is 0 Å². The second kappa shape index (κ2) is 5.23. The molecule has 0 saturated heterocycles. The summed E-state index contributed by atoms with van der Waals surface area (Å²) in [4.78, 5) is 4.38. The first kappa shape index (κ1) is 13.1. The van der Waals surface area contributed by atoms with Gasteiger partial charge in [-0.05, 0) is 47.9 Å². The molecule has 0 amide bonds. The van der Waals surface area contributed by atoms with Crippen molar-refractivity contribution < 1.29 is 0 Å². The third kappa shape index (κ3) is 2.40. The summed E-state index contributed by atoms with van der Waals surface area (Å²) in [6.45, 7) is 2.05.